The number of esters is 1. The molecule has 142 valence electrons. The van der Waals surface area contributed by atoms with Crippen LogP contribution in [0.25, 0.3) is 11.1 Å². The van der Waals surface area contributed by atoms with E-state index in [1.807, 2.05) is 6.07 Å². The summed E-state index contributed by atoms with van der Waals surface area (Å²) in [5.41, 5.74) is 7.60. The van der Waals surface area contributed by atoms with E-state index in [0.717, 1.165) is 4.90 Å². The lowest BCUT2D eigenvalue weighted by molar-refractivity contribution is 0.0600. The van der Waals surface area contributed by atoms with Gasteiger partial charge in [0.1, 0.15) is 34.3 Å². The number of nitrogens with zero attached hydrogens (tertiary/aromatic N) is 3. The number of ether oxygens (including phenoxy) is 1. The molecule has 0 saturated carbocycles. The highest BCUT2D eigenvalue weighted by molar-refractivity contribution is 7.99. The molecule has 0 atom stereocenters. The van der Waals surface area contributed by atoms with Crippen LogP contribution >= 0.6 is 11.8 Å². The van der Waals surface area contributed by atoms with Crippen LogP contribution in [0.5, 0.6) is 5.75 Å². The number of pyridine rings is 1. The second kappa shape index (κ2) is 8.34. The quantitative estimate of drug-likeness (QED) is 0.631. The van der Waals surface area contributed by atoms with Gasteiger partial charge < -0.3 is 15.6 Å². The van der Waals surface area contributed by atoms with Gasteiger partial charge in [-0.1, -0.05) is 23.9 Å². The van der Waals surface area contributed by atoms with Crippen LogP contribution in [0, 0.1) is 22.7 Å². The zero-order chi connectivity index (χ0) is 21.0. The first-order valence-corrected chi connectivity index (χ1v) is 9.09. The Bertz CT molecular complexity index is 1160. The summed E-state index contributed by atoms with van der Waals surface area (Å²) in [5, 5.41) is 29.2. The monoisotopic (exact) mass is 402 g/mol. The second-order valence-electron chi connectivity index (χ2n) is 5.82. The van der Waals surface area contributed by atoms with Crippen molar-refractivity contribution in [2.45, 2.75) is 9.92 Å². The van der Waals surface area contributed by atoms with Crippen molar-refractivity contribution < 1.29 is 14.6 Å². The van der Waals surface area contributed by atoms with E-state index < -0.39 is 5.97 Å². The Morgan fingerprint density at radius 2 is 1.69 bits per heavy atom. The number of hydrogen-bond acceptors (Lipinski definition) is 8. The molecule has 0 spiro atoms. The van der Waals surface area contributed by atoms with Crippen molar-refractivity contribution in [3.8, 4) is 29.0 Å². The second-order valence-corrected chi connectivity index (χ2v) is 6.88. The van der Waals surface area contributed by atoms with Gasteiger partial charge in [-0.2, -0.15) is 10.5 Å². The SMILES string of the molecule is COC(=O)c1ccc(Sc2nc(N)c(C#N)c(-c3ccc(O)cc3)c2C#N)cc1. The first-order valence-electron chi connectivity index (χ1n) is 8.27. The van der Waals surface area contributed by atoms with Crippen LogP contribution in [0.4, 0.5) is 5.82 Å². The molecule has 3 rings (SSSR count). The fourth-order valence-electron chi connectivity index (χ4n) is 2.68. The van der Waals surface area contributed by atoms with E-state index in [-0.39, 0.29) is 22.7 Å². The topological polar surface area (TPSA) is 133 Å². The molecule has 0 aliphatic heterocycles. The van der Waals surface area contributed by atoms with Crippen LogP contribution in [0.15, 0.2) is 58.5 Å². The molecule has 0 unspecified atom stereocenters. The summed E-state index contributed by atoms with van der Waals surface area (Å²) in [4.78, 5) is 16.5. The van der Waals surface area contributed by atoms with Crippen molar-refractivity contribution >= 4 is 23.5 Å². The van der Waals surface area contributed by atoms with Crippen LogP contribution in [-0.2, 0) is 4.74 Å². The highest BCUT2D eigenvalue weighted by Crippen LogP contribution is 2.38. The molecule has 3 aromatic rings. The number of phenolic OH excluding ortho intramolecular Hbond substituents is 1. The van der Waals surface area contributed by atoms with E-state index in [9.17, 15) is 20.4 Å². The molecule has 1 heterocycles. The van der Waals surface area contributed by atoms with E-state index in [4.69, 9.17) is 5.73 Å². The maximum absolute atomic E-state index is 11.6. The number of carbonyl (C=O) groups excluding carboxylic acids is 1. The lowest BCUT2D eigenvalue weighted by Gasteiger charge is -2.13. The van der Waals surface area contributed by atoms with Crippen LogP contribution in [0.1, 0.15) is 21.5 Å². The van der Waals surface area contributed by atoms with Gasteiger partial charge in [-0.25, -0.2) is 9.78 Å². The number of rotatable bonds is 4. The number of nitrogen functional groups attached to an aromatic ring is 1. The summed E-state index contributed by atoms with van der Waals surface area (Å²) in [6, 6.07) is 16.9. The number of hydrogen-bond donors (Lipinski definition) is 2. The van der Waals surface area contributed by atoms with Crippen molar-refractivity contribution in [1.82, 2.24) is 4.98 Å². The molecule has 0 saturated heterocycles. The minimum Gasteiger partial charge on any atom is -0.508 e. The van der Waals surface area contributed by atoms with Gasteiger partial charge in [-0.05, 0) is 42.0 Å². The average Bonchev–Trinajstić information content (AvgIpc) is 2.74. The van der Waals surface area contributed by atoms with Crippen molar-refractivity contribution in [2.24, 2.45) is 0 Å². The molecular formula is C21H14N4O3S. The summed E-state index contributed by atoms with van der Waals surface area (Å²) in [6.07, 6.45) is 0. The molecule has 0 bridgehead atoms. The van der Waals surface area contributed by atoms with Crippen molar-refractivity contribution in [3.63, 3.8) is 0 Å². The van der Waals surface area contributed by atoms with E-state index in [1.165, 1.54) is 31.0 Å². The fourth-order valence-corrected chi connectivity index (χ4v) is 3.57. The summed E-state index contributed by atoms with van der Waals surface area (Å²) < 4.78 is 4.68. The molecule has 3 N–H and O–H groups in total. The Balaban J connectivity index is 2.11. The minimum atomic E-state index is -0.449. The van der Waals surface area contributed by atoms with Crippen LogP contribution in [0.2, 0.25) is 0 Å². The number of nitriles is 2. The van der Waals surface area contributed by atoms with Crippen molar-refractivity contribution in [2.75, 3.05) is 12.8 Å². The van der Waals surface area contributed by atoms with Gasteiger partial charge in [0.15, 0.2) is 0 Å². The molecule has 0 radical (unpaired) electrons. The summed E-state index contributed by atoms with van der Waals surface area (Å²) >= 11 is 1.19. The van der Waals surface area contributed by atoms with Gasteiger partial charge in [0.2, 0.25) is 0 Å². The fraction of sp³-hybridized carbons (Fsp3) is 0.0476. The number of aromatic nitrogens is 1. The van der Waals surface area contributed by atoms with Crippen molar-refractivity contribution in [1.29, 1.82) is 10.5 Å². The van der Waals surface area contributed by atoms with Crippen LogP contribution < -0.4 is 5.73 Å². The predicted octanol–water partition coefficient (Wildman–Crippen LogP) is 3.72. The number of carbonyl (C=O) groups is 1. The molecule has 8 heteroatoms. The third-order valence-electron chi connectivity index (χ3n) is 4.06. The van der Waals surface area contributed by atoms with Crippen LogP contribution in [0.3, 0.4) is 0 Å². The maximum Gasteiger partial charge on any atom is 0.337 e. The number of benzene rings is 2. The zero-order valence-corrected chi connectivity index (χ0v) is 16.0. The van der Waals surface area contributed by atoms with Crippen LogP contribution in [-0.4, -0.2) is 23.2 Å². The summed E-state index contributed by atoms with van der Waals surface area (Å²) in [5.74, 6) is -0.383. The summed E-state index contributed by atoms with van der Waals surface area (Å²) in [7, 11) is 1.30. The third-order valence-corrected chi connectivity index (χ3v) is 5.06. The Morgan fingerprint density at radius 3 is 2.24 bits per heavy atom. The number of methoxy groups -OCH3 is 1. The largest absolute Gasteiger partial charge is 0.508 e. The Kier molecular flexibility index (Phi) is 5.68. The number of aromatic hydroxyl groups is 1. The molecule has 0 aliphatic carbocycles. The Morgan fingerprint density at radius 1 is 1.07 bits per heavy atom. The molecule has 1 aromatic heterocycles. The number of phenols is 1. The van der Waals surface area contributed by atoms with Gasteiger partial charge in [0, 0.05) is 10.5 Å². The normalized spacial score (nSPS) is 10.0. The molecule has 0 fully saturated rings. The highest BCUT2D eigenvalue weighted by atomic mass is 32.2. The highest BCUT2D eigenvalue weighted by Gasteiger charge is 2.21. The number of anilines is 1. The first-order chi connectivity index (χ1) is 14.0. The molecule has 0 aliphatic rings. The first kappa shape index (κ1) is 19.7. The summed E-state index contributed by atoms with van der Waals surface area (Å²) in [6.45, 7) is 0. The van der Waals surface area contributed by atoms with E-state index >= 15 is 0 Å². The lowest BCUT2D eigenvalue weighted by Crippen LogP contribution is -2.03. The molecule has 2 aromatic carbocycles. The predicted molar refractivity (Wildman–Crippen MR) is 107 cm³/mol. The van der Waals surface area contributed by atoms with Gasteiger partial charge in [-0.15, -0.1) is 0 Å². The Hall–Kier alpha value is -4.01. The van der Waals surface area contributed by atoms with Gasteiger partial charge in [-0.3, -0.25) is 0 Å². The van der Waals surface area contributed by atoms with E-state index in [0.29, 0.717) is 21.7 Å². The number of nitrogens with two attached hydrogens (primary N) is 1. The van der Waals surface area contributed by atoms with Gasteiger partial charge in [0.05, 0.1) is 18.2 Å². The lowest BCUT2D eigenvalue weighted by atomic mass is 9.97. The van der Waals surface area contributed by atoms with E-state index in [2.05, 4.69) is 15.8 Å². The van der Waals surface area contributed by atoms with Gasteiger partial charge >= 0.3 is 5.97 Å². The van der Waals surface area contributed by atoms with Crippen molar-refractivity contribution in [3.05, 3.63) is 65.2 Å². The maximum atomic E-state index is 11.6. The molecule has 7 nitrogen and oxygen atoms in total. The average molecular weight is 402 g/mol. The molecule has 0 amide bonds. The molecule has 29 heavy (non-hydrogen) atoms. The Labute approximate surface area is 171 Å². The smallest absolute Gasteiger partial charge is 0.337 e. The van der Waals surface area contributed by atoms with Gasteiger partial charge in [0.25, 0.3) is 0 Å². The minimum absolute atomic E-state index is 0.00301. The molecular weight excluding hydrogens is 388 g/mol. The van der Waals surface area contributed by atoms with E-state index in [1.54, 1.807) is 36.4 Å². The zero-order valence-electron chi connectivity index (χ0n) is 15.2. The third kappa shape index (κ3) is 3.98. The standard InChI is InChI=1S/C21H14N4O3S/c1-28-21(27)13-4-8-15(9-5-13)29-20-17(11-23)18(16(10-22)19(24)25-20)12-2-6-14(26)7-3-12/h2-9,26H,1H3,(H2,24,25).